The summed E-state index contributed by atoms with van der Waals surface area (Å²) in [5.41, 5.74) is 5.79. The number of methoxy groups -OCH3 is 1. The molecule has 20 heavy (non-hydrogen) atoms. The Morgan fingerprint density at radius 3 is 3.00 bits per heavy atom. The van der Waals surface area contributed by atoms with Gasteiger partial charge in [-0.05, 0) is 0 Å². The van der Waals surface area contributed by atoms with Gasteiger partial charge in [-0.25, -0.2) is 9.98 Å². The Kier molecular flexibility index (Phi) is 3.42. The maximum atomic E-state index is 10.1. The van der Waals surface area contributed by atoms with Gasteiger partial charge in [0.05, 0.1) is 12.9 Å². The van der Waals surface area contributed by atoms with Crippen LogP contribution in [0.5, 0.6) is 0 Å². The largest absolute Gasteiger partial charge is 0.394 e. The van der Waals surface area contributed by atoms with Gasteiger partial charge in [0.1, 0.15) is 36.5 Å². The topological polar surface area (TPSA) is 125 Å². The van der Waals surface area contributed by atoms with E-state index in [1.54, 1.807) is 11.2 Å². The van der Waals surface area contributed by atoms with Gasteiger partial charge in [0.2, 0.25) is 0 Å². The number of nitrogens with two attached hydrogens (primary N) is 1. The molecule has 9 heteroatoms. The second kappa shape index (κ2) is 5.09. The molecule has 110 valence electrons. The van der Waals surface area contributed by atoms with Crippen LogP contribution in [0.2, 0.25) is 0 Å². The quantitative estimate of drug-likeness (QED) is 0.526. The summed E-state index contributed by atoms with van der Waals surface area (Å²) in [7, 11) is 1.48. The first-order chi connectivity index (χ1) is 9.67. The third kappa shape index (κ3) is 1.90. The number of aliphatic imine (C=N–C) groups is 3. The van der Waals surface area contributed by atoms with E-state index in [1.807, 2.05) is 0 Å². The zero-order chi connectivity index (χ0) is 14.3. The molecule has 3 heterocycles. The minimum atomic E-state index is -0.916. The lowest BCUT2D eigenvalue weighted by Gasteiger charge is -2.32. The molecule has 0 amide bonds. The van der Waals surface area contributed by atoms with Crippen LogP contribution in [0.3, 0.4) is 0 Å². The minimum Gasteiger partial charge on any atom is -0.394 e. The molecular formula is C11H17N5O4. The maximum Gasteiger partial charge on any atom is 0.162 e. The fourth-order valence-corrected chi connectivity index (χ4v) is 2.67. The van der Waals surface area contributed by atoms with Crippen LogP contribution in [0.25, 0.3) is 0 Å². The van der Waals surface area contributed by atoms with Gasteiger partial charge >= 0.3 is 0 Å². The molecule has 0 bridgehead atoms. The average molecular weight is 283 g/mol. The van der Waals surface area contributed by atoms with Gasteiger partial charge < -0.3 is 30.3 Å². The molecule has 0 radical (unpaired) electrons. The molecule has 0 aromatic heterocycles. The number of hydrogen-bond acceptors (Lipinski definition) is 9. The summed E-state index contributed by atoms with van der Waals surface area (Å²) in [5.74, 6) is 0.384. The Hall–Kier alpha value is -1.55. The molecule has 3 unspecified atom stereocenters. The molecule has 6 atom stereocenters. The van der Waals surface area contributed by atoms with E-state index in [0.717, 1.165) is 0 Å². The van der Waals surface area contributed by atoms with Crippen LogP contribution in [0, 0.1) is 0 Å². The molecule has 0 saturated carbocycles. The molecule has 0 aromatic carbocycles. The Bertz CT molecular complexity index is 468. The normalized spacial score (nSPS) is 43.0. The van der Waals surface area contributed by atoms with Crippen molar-refractivity contribution in [1.29, 1.82) is 0 Å². The predicted molar refractivity (Wildman–Crippen MR) is 70.6 cm³/mol. The highest BCUT2D eigenvalue weighted by molar-refractivity contribution is 5.96. The summed E-state index contributed by atoms with van der Waals surface area (Å²) >= 11 is 0. The van der Waals surface area contributed by atoms with Crippen molar-refractivity contribution in [3.05, 3.63) is 0 Å². The van der Waals surface area contributed by atoms with Crippen LogP contribution in [0.15, 0.2) is 15.0 Å². The van der Waals surface area contributed by atoms with E-state index in [0.29, 0.717) is 5.84 Å². The monoisotopic (exact) mass is 283 g/mol. The molecule has 3 aliphatic rings. The third-order valence-electron chi connectivity index (χ3n) is 3.74. The number of hydrogen-bond donors (Lipinski definition) is 3. The number of rotatable bonds is 3. The van der Waals surface area contributed by atoms with Crippen molar-refractivity contribution in [3.8, 4) is 0 Å². The number of nitrogens with zero attached hydrogens (tertiary/aromatic N) is 4. The van der Waals surface area contributed by atoms with Crippen LogP contribution in [0.1, 0.15) is 0 Å². The van der Waals surface area contributed by atoms with E-state index in [-0.39, 0.29) is 18.8 Å². The van der Waals surface area contributed by atoms with Crippen LogP contribution in [-0.4, -0.2) is 84.1 Å². The van der Waals surface area contributed by atoms with E-state index in [2.05, 4.69) is 15.0 Å². The van der Waals surface area contributed by atoms with Crippen molar-refractivity contribution in [3.63, 3.8) is 0 Å². The fraction of sp³-hybridized carbons (Fsp3) is 0.727. The van der Waals surface area contributed by atoms with E-state index in [9.17, 15) is 10.2 Å². The Labute approximate surface area is 115 Å². The summed E-state index contributed by atoms with van der Waals surface area (Å²) in [6.45, 7) is -0.288. The van der Waals surface area contributed by atoms with Crippen molar-refractivity contribution >= 4 is 18.5 Å². The number of amidine groups is 1. The van der Waals surface area contributed by atoms with Gasteiger partial charge in [-0.1, -0.05) is 0 Å². The minimum absolute atomic E-state index is 0.288. The molecular weight excluding hydrogens is 266 g/mol. The van der Waals surface area contributed by atoms with E-state index < -0.39 is 24.5 Å². The van der Waals surface area contributed by atoms with Gasteiger partial charge in [-0.3, -0.25) is 4.99 Å². The Morgan fingerprint density at radius 2 is 2.30 bits per heavy atom. The second-order valence-corrected chi connectivity index (χ2v) is 4.83. The van der Waals surface area contributed by atoms with Gasteiger partial charge in [-0.15, -0.1) is 0 Å². The molecule has 4 N–H and O–H groups in total. The first kappa shape index (κ1) is 13.4. The summed E-state index contributed by atoms with van der Waals surface area (Å²) in [6, 6.07) is -0.355. The van der Waals surface area contributed by atoms with E-state index in [1.165, 1.54) is 13.4 Å². The summed E-state index contributed by atoms with van der Waals surface area (Å²) in [4.78, 5) is 14.2. The number of aliphatic hydroxyl groups is 2. The van der Waals surface area contributed by atoms with E-state index >= 15 is 0 Å². The van der Waals surface area contributed by atoms with Crippen LogP contribution in [0.4, 0.5) is 0 Å². The number of fused-ring (bicyclic) bond motifs is 1. The van der Waals surface area contributed by atoms with Crippen molar-refractivity contribution in [1.82, 2.24) is 4.90 Å². The summed E-state index contributed by atoms with van der Waals surface area (Å²) in [5, 5.41) is 19.3. The zero-order valence-corrected chi connectivity index (χ0v) is 10.9. The zero-order valence-electron chi connectivity index (χ0n) is 10.9. The smallest absolute Gasteiger partial charge is 0.162 e. The lowest BCUT2D eigenvalue weighted by atomic mass is 10.1. The highest BCUT2D eigenvalue weighted by Crippen LogP contribution is 2.30. The average Bonchev–Trinajstić information content (AvgIpc) is 3.00. The molecule has 0 aliphatic carbocycles. The fourth-order valence-electron chi connectivity index (χ4n) is 2.67. The van der Waals surface area contributed by atoms with Gasteiger partial charge in [0.25, 0.3) is 0 Å². The highest BCUT2D eigenvalue weighted by atomic mass is 16.6. The molecule has 0 spiro atoms. The predicted octanol–water partition coefficient (Wildman–Crippen LogP) is -2.48. The van der Waals surface area contributed by atoms with Gasteiger partial charge in [0, 0.05) is 7.11 Å². The SMILES string of the molecule is CO[C@H]1C(O)[C@@H](CO)O[C@H]1N1C=NC2C(N)=NC=NC21. The van der Waals surface area contributed by atoms with Gasteiger partial charge in [0.15, 0.2) is 12.4 Å². The van der Waals surface area contributed by atoms with Crippen molar-refractivity contribution in [2.75, 3.05) is 13.7 Å². The number of ether oxygens (including phenoxy) is 2. The molecule has 1 fully saturated rings. The maximum absolute atomic E-state index is 10.1. The van der Waals surface area contributed by atoms with E-state index in [4.69, 9.17) is 15.2 Å². The lowest BCUT2D eigenvalue weighted by molar-refractivity contribution is -0.0854. The summed E-state index contributed by atoms with van der Waals surface area (Å²) < 4.78 is 10.9. The van der Waals surface area contributed by atoms with Crippen molar-refractivity contribution in [2.24, 2.45) is 20.7 Å². The van der Waals surface area contributed by atoms with Crippen molar-refractivity contribution in [2.45, 2.75) is 36.7 Å². The second-order valence-electron chi connectivity index (χ2n) is 4.83. The first-order valence-corrected chi connectivity index (χ1v) is 6.30. The van der Waals surface area contributed by atoms with Crippen LogP contribution in [-0.2, 0) is 9.47 Å². The highest BCUT2D eigenvalue weighted by Gasteiger charge is 2.50. The van der Waals surface area contributed by atoms with Crippen molar-refractivity contribution < 1.29 is 19.7 Å². The number of aliphatic hydroxyl groups excluding tert-OH is 2. The van der Waals surface area contributed by atoms with Gasteiger partial charge in [-0.2, -0.15) is 0 Å². The molecule has 3 aliphatic heterocycles. The summed E-state index contributed by atoms with van der Waals surface area (Å²) in [6.07, 6.45) is -0.211. The first-order valence-electron chi connectivity index (χ1n) is 6.30. The Balaban J connectivity index is 1.82. The molecule has 9 nitrogen and oxygen atoms in total. The van der Waals surface area contributed by atoms with Crippen LogP contribution < -0.4 is 5.73 Å². The molecule has 3 rings (SSSR count). The third-order valence-corrected chi connectivity index (χ3v) is 3.74. The standard InChI is InChI=1S/C11H17N5O4/c1-19-8-7(18)5(2-17)20-11(8)16-4-15-6-9(12)13-3-14-10(6)16/h3-8,10-11,17-18H,2H2,1H3,(H2,12,13,14)/t5-,6?,7?,8+,10?,11-/m1/s1. The Morgan fingerprint density at radius 1 is 1.50 bits per heavy atom. The molecule has 0 aromatic rings. The molecule has 1 saturated heterocycles. The lowest BCUT2D eigenvalue weighted by Crippen LogP contribution is -2.51. The van der Waals surface area contributed by atoms with Crippen LogP contribution >= 0.6 is 0 Å².